The van der Waals surface area contributed by atoms with Crippen LogP contribution in [0.2, 0.25) is 5.02 Å². The Bertz CT molecular complexity index is 1390. The van der Waals surface area contributed by atoms with Crippen molar-refractivity contribution in [2.45, 2.75) is 19.1 Å². The average Bonchev–Trinajstić information content (AvgIpc) is 3.09. The Hall–Kier alpha value is -4.11. The van der Waals surface area contributed by atoms with E-state index in [1.54, 1.807) is 37.3 Å². The van der Waals surface area contributed by atoms with Crippen LogP contribution in [0.15, 0.2) is 36.5 Å². The van der Waals surface area contributed by atoms with E-state index in [1.807, 2.05) is 6.07 Å². The van der Waals surface area contributed by atoms with Crippen LogP contribution in [0.3, 0.4) is 0 Å². The maximum absolute atomic E-state index is 13.3. The van der Waals surface area contributed by atoms with E-state index in [0.717, 1.165) is 4.52 Å². The van der Waals surface area contributed by atoms with Gasteiger partial charge in [-0.1, -0.05) is 41.9 Å². The normalized spacial score (nSPS) is 12.5. The van der Waals surface area contributed by atoms with Crippen molar-refractivity contribution >= 4 is 34.8 Å². The van der Waals surface area contributed by atoms with Gasteiger partial charge in [0.15, 0.2) is 17.2 Å². The Balaban J connectivity index is 1.90. The molecule has 4 aromatic rings. The Morgan fingerprint density at radius 2 is 1.85 bits per heavy atom. The number of nitrogens with two attached hydrogens (primary N) is 2. The SMILES string of the molecule is C[C@H](Nc1nc(N)nc(N)c1C#N)c1cn2nc(C(F)(F)F)c(Cl)c2nc1-c1ccccc1. The van der Waals surface area contributed by atoms with Crippen molar-refractivity contribution in [3.63, 3.8) is 0 Å². The number of anilines is 3. The standard InChI is InChI=1S/C20H15ClF3N9/c1-9(28-17-11(7-25)16(26)30-19(27)31-17)12-8-33-18(13(21)15(32-33)20(22,23)24)29-14(12)10-5-3-2-4-6-10/h2-6,8-9H,1H3,(H5,26,27,28,30,31)/t9-/m0/s1. The quantitative estimate of drug-likeness (QED) is 0.402. The van der Waals surface area contributed by atoms with Gasteiger partial charge in [-0.15, -0.1) is 0 Å². The minimum absolute atomic E-state index is 0.0205. The Kier molecular flexibility index (Phi) is 5.43. The summed E-state index contributed by atoms with van der Waals surface area (Å²) in [5.74, 6) is -0.180. The molecule has 5 N–H and O–H groups in total. The highest BCUT2D eigenvalue weighted by Gasteiger charge is 2.38. The second kappa shape index (κ2) is 8.10. The van der Waals surface area contributed by atoms with Gasteiger partial charge in [0.05, 0.1) is 11.7 Å². The lowest BCUT2D eigenvalue weighted by molar-refractivity contribution is -0.141. The van der Waals surface area contributed by atoms with E-state index in [9.17, 15) is 18.4 Å². The highest BCUT2D eigenvalue weighted by atomic mass is 35.5. The van der Waals surface area contributed by atoms with Gasteiger partial charge < -0.3 is 16.8 Å². The fourth-order valence-corrected chi connectivity index (χ4v) is 3.55. The maximum Gasteiger partial charge on any atom is 0.436 e. The van der Waals surface area contributed by atoms with Crippen molar-refractivity contribution in [1.82, 2.24) is 24.6 Å². The van der Waals surface area contributed by atoms with Gasteiger partial charge in [0, 0.05) is 17.3 Å². The lowest BCUT2D eigenvalue weighted by Crippen LogP contribution is -2.15. The van der Waals surface area contributed by atoms with E-state index in [1.165, 1.54) is 6.20 Å². The van der Waals surface area contributed by atoms with Crippen LogP contribution in [0.1, 0.15) is 29.8 Å². The largest absolute Gasteiger partial charge is 0.436 e. The molecule has 0 bridgehead atoms. The molecule has 13 heteroatoms. The number of alkyl halides is 3. The van der Waals surface area contributed by atoms with E-state index in [4.69, 9.17) is 23.1 Å². The molecule has 3 heterocycles. The Labute approximate surface area is 189 Å². The third-order valence-electron chi connectivity index (χ3n) is 4.78. The smallest absolute Gasteiger partial charge is 0.382 e. The lowest BCUT2D eigenvalue weighted by atomic mass is 10.0. The average molecular weight is 474 g/mol. The van der Waals surface area contributed by atoms with Crippen molar-refractivity contribution < 1.29 is 13.2 Å². The third-order valence-corrected chi connectivity index (χ3v) is 5.13. The number of nitriles is 1. The number of nitrogen functional groups attached to an aromatic ring is 2. The fourth-order valence-electron chi connectivity index (χ4n) is 3.28. The number of halogens is 4. The molecule has 0 aliphatic carbocycles. The van der Waals surface area contributed by atoms with Gasteiger partial charge in [-0.3, -0.25) is 0 Å². The monoisotopic (exact) mass is 473 g/mol. The molecule has 0 aliphatic rings. The van der Waals surface area contributed by atoms with Crippen LogP contribution < -0.4 is 16.8 Å². The van der Waals surface area contributed by atoms with Crippen LogP contribution in [0, 0.1) is 11.3 Å². The van der Waals surface area contributed by atoms with Gasteiger partial charge in [0.25, 0.3) is 0 Å². The molecule has 0 saturated carbocycles. The topological polar surface area (TPSA) is 144 Å². The highest BCUT2D eigenvalue weighted by molar-refractivity contribution is 6.34. The number of nitrogens with zero attached hydrogens (tertiary/aromatic N) is 6. The van der Waals surface area contributed by atoms with Crippen molar-refractivity contribution in [3.8, 4) is 17.3 Å². The van der Waals surface area contributed by atoms with Crippen LogP contribution in [-0.4, -0.2) is 24.6 Å². The van der Waals surface area contributed by atoms with Crippen molar-refractivity contribution in [1.29, 1.82) is 5.26 Å². The fraction of sp³-hybridized carbons (Fsp3) is 0.150. The first-order chi connectivity index (χ1) is 15.6. The van der Waals surface area contributed by atoms with Gasteiger partial charge in [0.1, 0.15) is 22.5 Å². The Morgan fingerprint density at radius 1 is 1.15 bits per heavy atom. The van der Waals surface area contributed by atoms with Gasteiger partial charge in [0.2, 0.25) is 5.95 Å². The van der Waals surface area contributed by atoms with Crippen LogP contribution in [0.25, 0.3) is 16.9 Å². The molecule has 4 rings (SSSR count). The van der Waals surface area contributed by atoms with E-state index in [2.05, 4.69) is 25.4 Å². The minimum Gasteiger partial charge on any atom is -0.382 e. The summed E-state index contributed by atoms with van der Waals surface area (Å²) in [7, 11) is 0. The van der Waals surface area contributed by atoms with Crippen LogP contribution >= 0.6 is 11.6 Å². The summed E-state index contributed by atoms with van der Waals surface area (Å²) in [6, 6.07) is 10.1. The minimum atomic E-state index is -4.75. The Morgan fingerprint density at radius 3 is 2.48 bits per heavy atom. The predicted molar refractivity (Wildman–Crippen MR) is 116 cm³/mol. The molecular formula is C20H15ClF3N9. The van der Waals surface area contributed by atoms with Gasteiger partial charge in [-0.2, -0.15) is 33.5 Å². The first kappa shape index (κ1) is 22.1. The van der Waals surface area contributed by atoms with E-state index in [-0.39, 0.29) is 28.8 Å². The molecule has 0 radical (unpaired) electrons. The molecule has 9 nitrogen and oxygen atoms in total. The summed E-state index contributed by atoms with van der Waals surface area (Å²) in [5.41, 5.74) is 11.5. The van der Waals surface area contributed by atoms with E-state index in [0.29, 0.717) is 16.8 Å². The first-order valence-electron chi connectivity index (χ1n) is 9.41. The second-order valence-electron chi connectivity index (χ2n) is 7.01. The summed E-state index contributed by atoms with van der Waals surface area (Å²) < 4.78 is 41.0. The summed E-state index contributed by atoms with van der Waals surface area (Å²) in [6.07, 6.45) is -3.36. The molecule has 0 spiro atoms. The summed E-state index contributed by atoms with van der Waals surface area (Å²) in [6.45, 7) is 1.71. The summed E-state index contributed by atoms with van der Waals surface area (Å²) >= 11 is 5.98. The van der Waals surface area contributed by atoms with Crippen molar-refractivity contribution in [2.75, 3.05) is 16.8 Å². The molecule has 0 saturated heterocycles. The van der Waals surface area contributed by atoms with Gasteiger partial charge >= 0.3 is 6.18 Å². The zero-order chi connectivity index (χ0) is 23.9. The second-order valence-corrected chi connectivity index (χ2v) is 7.39. The third kappa shape index (κ3) is 4.06. The van der Waals surface area contributed by atoms with Gasteiger partial charge in [-0.25, -0.2) is 9.50 Å². The molecule has 33 heavy (non-hydrogen) atoms. The highest BCUT2D eigenvalue weighted by Crippen LogP contribution is 2.37. The molecule has 0 amide bonds. The molecule has 0 fully saturated rings. The van der Waals surface area contributed by atoms with Crippen LogP contribution in [0.4, 0.5) is 30.8 Å². The molecular weight excluding hydrogens is 459 g/mol. The zero-order valence-corrected chi connectivity index (χ0v) is 17.6. The molecule has 3 aromatic heterocycles. The molecule has 1 aromatic carbocycles. The van der Waals surface area contributed by atoms with Crippen molar-refractivity contribution in [3.05, 3.63) is 58.4 Å². The van der Waals surface area contributed by atoms with Crippen LogP contribution in [0.5, 0.6) is 0 Å². The van der Waals surface area contributed by atoms with E-state index >= 15 is 0 Å². The van der Waals surface area contributed by atoms with Crippen LogP contribution in [-0.2, 0) is 6.18 Å². The summed E-state index contributed by atoms with van der Waals surface area (Å²) in [4.78, 5) is 12.2. The molecule has 1 atom stereocenters. The number of nitrogens with one attached hydrogen (secondary N) is 1. The first-order valence-corrected chi connectivity index (χ1v) is 9.79. The number of hydrogen-bond donors (Lipinski definition) is 3. The number of hydrogen-bond acceptors (Lipinski definition) is 8. The zero-order valence-electron chi connectivity index (χ0n) is 16.9. The molecule has 168 valence electrons. The van der Waals surface area contributed by atoms with E-state index < -0.39 is 22.9 Å². The molecule has 0 unspecified atom stereocenters. The number of rotatable bonds is 4. The number of fused-ring (bicyclic) bond motifs is 1. The predicted octanol–water partition coefficient (Wildman–Crippen LogP) is 4.07. The maximum atomic E-state index is 13.3. The molecule has 0 aliphatic heterocycles. The summed E-state index contributed by atoms with van der Waals surface area (Å²) in [5, 5.41) is 15.4. The van der Waals surface area contributed by atoms with Gasteiger partial charge in [-0.05, 0) is 6.92 Å². The van der Waals surface area contributed by atoms with Crippen molar-refractivity contribution in [2.24, 2.45) is 0 Å². The lowest BCUT2D eigenvalue weighted by Gasteiger charge is -2.19. The number of benzene rings is 1. The number of aromatic nitrogens is 5.